The van der Waals surface area contributed by atoms with Crippen molar-refractivity contribution >= 4 is 16.8 Å². The maximum atomic E-state index is 11.3. The Hall–Kier alpha value is -2.43. The fourth-order valence-electron chi connectivity index (χ4n) is 1.39. The third-order valence-corrected chi connectivity index (χ3v) is 2.19. The van der Waals surface area contributed by atoms with E-state index in [9.17, 15) is 14.4 Å². The molecule has 2 aromatic rings. The second-order valence-corrected chi connectivity index (χ2v) is 3.24. The summed E-state index contributed by atoms with van der Waals surface area (Å²) in [7, 11) is 0. The lowest BCUT2D eigenvalue weighted by molar-refractivity contribution is 0.104. The van der Waals surface area contributed by atoms with Crippen molar-refractivity contribution in [2.75, 3.05) is 0 Å². The fraction of sp³-hybridized carbons (Fsp3) is 0. The molecule has 5 nitrogen and oxygen atoms in total. The average molecular weight is 216 g/mol. The largest absolute Gasteiger partial charge is 0.316 e. The van der Waals surface area contributed by atoms with Crippen molar-refractivity contribution < 1.29 is 4.79 Å². The van der Waals surface area contributed by atoms with Crippen LogP contribution in [0.2, 0.25) is 0 Å². The van der Waals surface area contributed by atoms with Crippen LogP contribution in [-0.2, 0) is 0 Å². The molecule has 0 unspecified atom stereocenters. The first-order valence-electron chi connectivity index (χ1n) is 4.55. The van der Waals surface area contributed by atoms with Crippen molar-refractivity contribution in [2.45, 2.75) is 0 Å². The van der Waals surface area contributed by atoms with E-state index in [4.69, 9.17) is 0 Å². The van der Waals surface area contributed by atoms with Crippen molar-refractivity contribution in [1.82, 2.24) is 9.97 Å². The number of carbonyl (C=O) groups is 1. The summed E-state index contributed by atoms with van der Waals surface area (Å²) in [6.45, 7) is 3.37. The molecule has 0 aliphatic heterocycles. The number of aromatic amines is 2. The fourth-order valence-corrected chi connectivity index (χ4v) is 1.39. The number of H-pyrrole nitrogens is 2. The zero-order valence-electron chi connectivity index (χ0n) is 8.24. The molecule has 5 heteroatoms. The summed E-state index contributed by atoms with van der Waals surface area (Å²) in [5.41, 5.74) is -0.154. The van der Waals surface area contributed by atoms with Gasteiger partial charge in [-0.15, -0.1) is 0 Å². The van der Waals surface area contributed by atoms with Crippen LogP contribution >= 0.6 is 0 Å². The van der Waals surface area contributed by atoms with Gasteiger partial charge in [-0.25, -0.2) is 0 Å². The first kappa shape index (κ1) is 10.1. The van der Waals surface area contributed by atoms with Gasteiger partial charge in [-0.1, -0.05) is 6.58 Å². The van der Waals surface area contributed by atoms with Crippen molar-refractivity contribution in [1.29, 1.82) is 0 Å². The number of fused-ring (bicyclic) bond motifs is 1. The van der Waals surface area contributed by atoms with Crippen molar-refractivity contribution in [3.8, 4) is 0 Å². The van der Waals surface area contributed by atoms with Crippen LogP contribution in [0.3, 0.4) is 0 Å². The van der Waals surface area contributed by atoms with E-state index in [1.54, 1.807) is 12.1 Å². The lowest BCUT2D eigenvalue weighted by atomic mass is 10.1. The van der Waals surface area contributed by atoms with E-state index in [0.717, 1.165) is 0 Å². The minimum atomic E-state index is -0.740. The molecule has 0 amide bonds. The summed E-state index contributed by atoms with van der Waals surface area (Å²) in [6.07, 6.45) is 1.19. The van der Waals surface area contributed by atoms with E-state index >= 15 is 0 Å². The van der Waals surface area contributed by atoms with Gasteiger partial charge in [-0.3, -0.25) is 14.4 Å². The first-order valence-corrected chi connectivity index (χ1v) is 4.55. The lowest BCUT2D eigenvalue weighted by Crippen LogP contribution is -2.28. The van der Waals surface area contributed by atoms with Crippen LogP contribution in [0.1, 0.15) is 10.4 Å². The lowest BCUT2D eigenvalue weighted by Gasteiger charge is -1.99. The molecule has 0 saturated heterocycles. The molecule has 0 radical (unpaired) electrons. The Kier molecular flexibility index (Phi) is 2.28. The number of hydrogen-bond acceptors (Lipinski definition) is 3. The number of aromatic nitrogens is 2. The Morgan fingerprint density at radius 3 is 2.38 bits per heavy atom. The molecule has 1 heterocycles. The summed E-state index contributed by atoms with van der Waals surface area (Å²) < 4.78 is 0. The number of nitrogens with one attached hydrogen (secondary N) is 2. The molecule has 0 fully saturated rings. The Labute approximate surface area is 89.4 Å². The second kappa shape index (κ2) is 3.62. The highest BCUT2D eigenvalue weighted by atomic mass is 16.2. The third-order valence-electron chi connectivity index (χ3n) is 2.19. The van der Waals surface area contributed by atoms with Crippen LogP contribution in [0.25, 0.3) is 11.0 Å². The average Bonchev–Trinajstić information content (AvgIpc) is 2.29. The van der Waals surface area contributed by atoms with Crippen LogP contribution in [0, 0.1) is 0 Å². The van der Waals surface area contributed by atoms with Crippen molar-refractivity contribution in [3.63, 3.8) is 0 Å². The van der Waals surface area contributed by atoms with Gasteiger partial charge in [0.15, 0.2) is 5.78 Å². The van der Waals surface area contributed by atoms with Gasteiger partial charge in [-0.05, 0) is 24.3 Å². The molecule has 16 heavy (non-hydrogen) atoms. The molecule has 1 aromatic carbocycles. The standard InChI is InChI=1S/C11H8N2O3/c1-2-9(14)6-3-4-7-8(5-6)13-11(16)10(15)12-7/h2-5H,1H2,(H,12,15)(H,13,16). The topological polar surface area (TPSA) is 82.8 Å². The number of benzene rings is 1. The zero-order valence-corrected chi connectivity index (χ0v) is 8.24. The first-order chi connectivity index (χ1) is 7.61. The van der Waals surface area contributed by atoms with E-state index in [2.05, 4.69) is 16.5 Å². The molecule has 2 N–H and O–H groups in total. The monoisotopic (exact) mass is 216 g/mol. The van der Waals surface area contributed by atoms with E-state index in [1.165, 1.54) is 12.1 Å². The summed E-state index contributed by atoms with van der Waals surface area (Å²) >= 11 is 0. The van der Waals surface area contributed by atoms with Crippen LogP contribution in [0.15, 0.2) is 40.4 Å². The van der Waals surface area contributed by atoms with Crippen LogP contribution in [-0.4, -0.2) is 15.8 Å². The molecule has 0 aliphatic rings. The highest BCUT2D eigenvalue weighted by Gasteiger charge is 2.04. The Balaban J connectivity index is 2.76. The highest BCUT2D eigenvalue weighted by Crippen LogP contribution is 2.09. The molecule has 0 aliphatic carbocycles. The molecule has 0 bridgehead atoms. The van der Waals surface area contributed by atoms with Gasteiger partial charge in [0.1, 0.15) is 0 Å². The minimum absolute atomic E-state index is 0.242. The quantitative estimate of drug-likeness (QED) is 0.437. The molecule has 0 atom stereocenters. The van der Waals surface area contributed by atoms with Gasteiger partial charge >= 0.3 is 11.1 Å². The van der Waals surface area contributed by atoms with Gasteiger partial charge in [0, 0.05) is 5.56 Å². The van der Waals surface area contributed by atoms with Crippen LogP contribution < -0.4 is 11.1 Å². The van der Waals surface area contributed by atoms with Crippen LogP contribution in [0.4, 0.5) is 0 Å². The summed E-state index contributed by atoms with van der Waals surface area (Å²) in [5, 5.41) is 0. The zero-order chi connectivity index (χ0) is 11.7. The van der Waals surface area contributed by atoms with E-state index < -0.39 is 11.1 Å². The minimum Gasteiger partial charge on any atom is -0.316 e. The van der Waals surface area contributed by atoms with Gasteiger partial charge in [-0.2, -0.15) is 0 Å². The Morgan fingerprint density at radius 2 is 1.75 bits per heavy atom. The number of carbonyl (C=O) groups excluding carboxylic acids is 1. The SMILES string of the molecule is C=CC(=O)c1ccc2[nH]c(=O)c(=O)[nH]c2c1. The number of rotatable bonds is 2. The van der Waals surface area contributed by atoms with Crippen molar-refractivity contribution in [3.05, 3.63) is 57.1 Å². The molecule has 0 spiro atoms. The third kappa shape index (κ3) is 1.58. The van der Waals surface area contributed by atoms with Gasteiger partial charge in [0.25, 0.3) is 0 Å². The maximum absolute atomic E-state index is 11.3. The van der Waals surface area contributed by atoms with Gasteiger partial charge in [0.05, 0.1) is 11.0 Å². The summed E-state index contributed by atoms with van der Waals surface area (Å²) in [6, 6.07) is 4.61. The normalized spacial score (nSPS) is 10.2. The summed E-state index contributed by atoms with van der Waals surface area (Å²) in [4.78, 5) is 38.2. The second-order valence-electron chi connectivity index (χ2n) is 3.24. The van der Waals surface area contributed by atoms with Crippen LogP contribution in [0.5, 0.6) is 0 Å². The number of hydrogen-bond donors (Lipinski definition) is 2. The predicted molar refractivity (Wildman–Crippen MR) is 59.7 cm³/mol. The Bertz CT molecular complexity index is 694. The predicted octanol–water partition coefficient (Wildman–Crippen LogP) is 0.585. The molecule has 0 saturated carbocycles. The van der Waals surface area contributed by atoms with E-state index in [-0.39, 0.29) is 5.78 Å². The molecular formula is C11H8N2O3. The van der Waals surface area contributed by atoms with E-state index in [0.29, 0.717) is 16.6 Å². The number of allylic oxidation sites excluding steroid dienone is 1. The maximum Gasteiger partial charge on any atom is 0.314 e. The summed E-state index contributed by atoms with van der Waals surface area (Å²) in [5.74, 6) is -0.242. The number of ketones is 1. The Morgan fingerprint density at radius 1 is 1.12 bits per heavy atom. The molecule has 1 aromatic heterocycles. The van der Waals surface area contributed by atoms with Gasteiger partial charge < -0.3 is 9.97 Å². The van der Waals surface area contributed by atoms with Gasteiger partial charge in [0.2, 0.25) is 0 Å². The molecule has 2 rings (SSSR count). The molecular weight excluding hydrogens is 208 g/mol. The smallest absolute Gasteiger partial charge is 0.314 e. The van der Waals surface area contributed by atoms with Crippen molar-refractivity contribution in [2.24, 2.45) is 0 Å². The highest BCUT2D eigenvalue weighted by molar-refractivity contribution is 6.05. The molecule has 80 valence electrons. The van der Waals surface area contributed by atoms with E-state index in [1.807, 2.05) is 0 Å².